The Balaban J connectivity index is 1.92. The predicted octanol–water partition coefficient (Wildman–Crippen LogP) is 1.67. The van der Waals surface area contributed by atoms with Crippen molar-refractivity contribution in [3.05, 3.63) is 64.1 Å². The number of benzene rings is 2. The summed E-state index contributed by atoms with van der Waals surface area (Å²) < 4.78 is 27.0. The fourth-order valence-electron chi connectivity index (χ4n) is 2.96. The average molecular weight is 414 g/mol. The predicted molar refractivity (Wildman–Crippen MR) is 111 cm³/mol. The molecule has 0 aliphatic carbocycles. The number of sulfonamides is 1. The van der Waals surface area contributed by atoms with Crippen LogP contribution in [0.25, 0.3) is 10.8 Å². The van der Waals surface area contributed by atoms with Crippen LogP contribution in [0.2, 0.25) is 0 Å². The van der Waals surface area contributed by atoms with Crippen molar-refractivity contribution >= 4 is 32.4 Å². The first kappa shape index (κ1) is 20.7. The second-order valence-corrected chi connectivity index (χ2v) is 9.06. The normalized spacial score (nSPS) is 11.8. The molecule has 1 heterocycles. The summed E-state index contributed by atoms with van der Waals surface area (Å²) in [4.78, 5) is 25.0. The lowest BCUT2D eigenvalue weighted by Gasteiger charge is -2.14. The number of carbonyl (C=O) groups excluding carboxylic acids is 1. The number of nitrogens with one attached hydrogen (secondary N) is 1. The van der Waals surface area contributed by atoms with Gasteiger partial charge in [-0.15, -0.1) is 0 Å². The minimum atomic E-state index is -3.62. The molecule has 0 unspecified atom stereocenters. The molecule has 29 heavy (non-hydrogen) atoms. The number of anilines is 1. The van der Waals surface area contributed by atoms with Crippen LogP contribution in [0.4, 0.5) is 5.69 Å². The molecule has 3 rings (SSSR count). The zero-order chi connectivity index (χ0) is 21.3. The molecule has 0 saturated carbocycles. The zero-order valence-corrected chi connectivity index (χ0v) is 17.4. The number of amides is 1. The molecule has 3 aromatic rings. The highest BCUT2D eigenvalue weighted by Crippen LogP contribution is 2.22. The van der Waals surface area contributed by atoms with Gasteiger partial charge in [-0.1, -0.05) is 24.3 Å². The molecule has 0 atom stereocenters. The molecular formula is C20H22N4O4S. The highest BCUT2D eigenvalue weighted by molar-refractivity contribution is 7.89. The molecule has 8 nitrogen and oxygen atoms in total. The minimum Gasteiger partial charge on any atom is -0.325 e. The first-order valence-corrected chi connectivity index (χ1v) is 10.3. The average Bonchev–Trinajstić information content (AvgIpc) is 2.67. The number of rotatable bonds is 5. The fraction of sp³-hybridized carbons (Fsp3) is 0.250. The Morgan fingerprint density at radius 3 is 2.45 bits per heavy atom. The van der Waals surface area contributed by atoms with Crippen LogP contribution in [-0.2, 0) is 28.3 Å². The maximum Gasteiger partial charge on any atom is 0.274 e. The number of hydrogen-bond donors (Lipinski definition) is 1. The van der Waals surface area contributed by atoms with Crippen LogP contribution in [0, 0.1) is 6.92 Å². The van der Waals surface area contributed by atoms with Crippen molar-refractivity contribution in [2.45, 2.75) is 18.2 Å². The molecule has 2 aromatic carbocycles. The standard InChI is InChI=1S/C20H22N4O4S/c1-13-9-10-14(29(27,28)23(2)3)11-17(13)21-19(25)12-18-15-7-5-6-8-16(15)20(26)24(4)22-18/h5-11H,12H2,1-4H3,(H,21,25). The third-order valence-electron chi connectivity index (χ3n) is 4.62. The van der Waals surface area contributed by atoms with Crippen molar-refractivity contribution in [1.29, 1.82) is 0 Å². The van der Waals surface area contributed by atoms with Crippen molar-refractivity contribution in [2.24, 2.45) is 7.05 Å². The van der Waals surface area contributed by atoms with Gasteiger partial charge in [-0.2, -0.15) is 5.10 Å². The highest BCUT2D eigenvalue weighted by atomic mass is 32.2. The molecule has 1 amide bonds. The molecule has 0 aliphatic rings. The van der Waals surface area contributed by atoms with Crippen molar-refractivity contribution in [3.8, 4) is 0 Å². The van der Waals surface area contributed by atoms with E-state index in [0.29, 0.717) is 22.2 Å². The van der Waals surface area contributed by atoms with E-state index in [1.807, 2.05) is 0 Å². The van der Waals surface area contributed by atoms with E-state index in [-0.39, 0.29) is 22.8 Å². The summed E-state index contributed by atoms with van der Waals surface area (Å²) in [5.74, 6) is -0.358. The van der Waals surface area contributed by atoms with Gasteiger partial charge in [-0.25, -0.2) is 17.4 Å². The van der Waals surface area contributed by atoms with Gasteiger partial charge in [0.1, 0.15) is 0 Å². The summed E-state index contributed by atoms with van der Waals surface area (Å²) in [6.45, 7) is 1.78. The van der Waals surface area contributed by atoms with Crippen LogP contribution in [0.3, 0.4) is 0 Å². The Bertz CT molecular complexity index is 1260. The molecule has 0 bridgehead atoms. The van der Waals surface area contributed by atoms with Gasteiger partial charge in [0.05, 0.1) is 22.4 Å². The second-order valence-electron chi connectivity index (χ2n) is 6.91. The quantitative estimate of drug-likeness (QED) is 0.684. The lowest BCUT2D eigenvalue weighted by Crippen LogP contribution is -2.24. The summed E-state index contributed by atoms with van der Waals surface area (Å²) in [6.07, 6.45) is -0.0568. The Morgan fingerprint density at radius 1 is 1.14 bits per heavy atom. The molecule has 152 valence electrons. The highest BCUT2D eigenvalue weighted by Gasteiger charge is 2.19. The summed E-state index contributed by atoms with van der Waals surface area (Å²) in [6, 6.07) is 11.6. The van der Waals surface area contributed by atoms with Crippen LogP contribution in [-0.4, -0.2) is 42.5 Å². The summed E-state index contributed by atoms with van der Waals surface area (Å²) in [5, 5.41) is 8.09. The fourth-order valence-corrected chi connectivity index (χ4v) is 3.89. The third-order valence-corrected chi connectivity index (χ3v) is 6.43. The number of fused-ring (bicyclic) bond motifs is 1. The topological polar surface area (TPSA) is 101 Å². The lowest BCUT2D eigenvalue weighted by molar-refractivity contribution is -0.115. The Morgan fingerprint density at radius 2 is 1.79 bits per heavy atom. The number of hydrogen-bond acceptors (Lipinski definition) is 5. The van der Waals surface area contributed by atoms with Crippen molar-refractivity contribution in [3.63, 3.8) is 0 Å². The van der Waals surface area contributed by atoms with Crippen molar-refractivity contribution < 1.29 is 13.2 Å². The van der Waals surface area contributed by atoms with E-state index in [1.54, 1.807) is 37.3 Å². The van der Waals surface area contributed by atoms with E-state index in [1.165, 1.54) is 38.0 Å². The van der Waals surface area contributed by atoms with Crippen molar-refractivity contribution in [2.75, 3.05) is 19.4 Å². The Hall–Kier alpha value is -3.04. The largest absolute Gasteiger partial charge is 0.325 e. The first-order chi connectivity index (χ1) is 13.6. The third kappa shape index (κ3) is 4.06. The molecule has 0 spiro atoms. The van der Waals surface area contributed by atoms with Crippen LogP contribution in [0.5, 0.6) is 0 Å². The van der Waals surface area contributed by atoms with Gasteiger partial charge < -0.3 is 5.32 Å². The maximum atomic E-state index is 12.7. The smallest absolute Gasteiger partial charge is 0.274 e. The van der Waals surface area contributed by atoms with E-state index in [2.05, 4.69) is 10.4 Å². The van der Waals surface area contributed by atoms with E-state index >= 15 is 0 Å². The van der Waals surface area contributed by atoms with Gasteiger partial charge in [0, 0.05) is 32.2 Å². The zero-order valence-electron chi connectivity index (χ0n) is 16.6. The molecule has 0 aliphatic heterocycles. The van der Waals surface area contributed by atoms with Crippen LogP contribution >= 0.6 is 0 Å². The molecule has 1 aromatic heterocycles. The lowest BCUT2D eigenvalue weighted by atomic mass is 10.1. The number of carbonyl (C=O) groups is 1. The van der Waals surface area contributed by atoms with Crippen LogP contribution < -0.4 is 10.9 Å². The summed E-state index contributed by atoms with van der Waals surface area (Å²) >= 11 is 0. The second kappa shape index (κ2) is 7.76. The van der Waals surface area contributed by atoms with E-state index in [9.17, 15) is 18.0 Å². The van der Waals surface area contributed by atoms with Crippen molar-refractivity contribution in [1.82, 2.24) is 14.1 Å². The molecule has 0 fully saturated rings. The number of aromatic nitrogens is 2. The monoisotopic (exact) mass is 414 g/mol. The minimum absolute atomic E-state index is 0.0568. The molecule has 9 heteroatoms. The van der Waals surface area contributed by atoms with Gasteiger partial charge >= 0.3 is 0 Å². The number of aryl methyl sites for hydroxylation is 2. The maximum absolute atomic E-state index is 12.7. The van der Waals surface area contributed by atoms with Gasteiger partial charge in [0.25, 0.3) is 5.56 Å². The van der Waals surface area contributed by atoms with E-state index in [4.69, 9.17) is 0 Å². The first-order valence-electron chi connectivity index (χ1n) is 8.89. The van der Waals surface area contributed by atoms with E-state index < -0.39 is 10.0 Å². The van der Waals surface area contributed by atoms with Crippen LogP contribution in [0.1, 0.15) is 11.3 Å². The number of nitrogens with zero attached hydrogens (tertiary/aromatic N) is 3. The molecule has 0 radical (unpaired) electrons. The SMILES string of the molecule is Cc1ccc(S(=O)(=O)N(C)C)cc1NC(=O)Cc1nn(C)c(=O)c2ccccc12. The summed E-state index contributed by atoms with van der Waals surface area (Å²) in [5.41, 5.74) is 1.37. The summed E-state index contributed by atoms with van der Waals surface area (Å²) in [7, 11) is 0.816. The van der Waals surface area contributed by atoms with Gasteiger partial charge in [0.2, 0.25) is 15.9 Å². The van der Waals surface area contributed by atoms with Gasteiger partial charge in [-0.3, -0.25) is 9.59 Å². The molecule has 0 saturated heterocycles. The molecular weight excluding hydrogens is 392 g/mol. The Labute approximate surface area is 168 Å². The van der Waals surface area contributed by atoms with E-state index in [0.717, 1.165) is 9.87 Å². The van der Waals surface area contributed by atoms with Gasteiger partial charge in [0.15, 0.2) is 0 Å². The van der Waals surface area contributed by atoms with Gasteiger partial charge in [-0.05, 0) is 30.7 Å². The molecule has 1 N–H and O–H groups in total. The van der Waals surface area contributed by atoms with Crippen LogP contribution in [0.15, 0.2) is 52.2 Å². The Kier molecular flexibility index (Phi) is 5.54.